The van der Waals surface area contributed by atoms with E-state index in [0.29, 0.717) is 17.7 Å². The molecule has 3 atom stereocenters. The van der Waals surface area contributed by atoms with Crippen molar-refractivity contribution in [3.63, 3.8) is 0 Å². The van der Waals surface area contributed by atoms with Gasteiger partial charge in [0.25, 0.3) is 5.91 Å². The van der Waals surface area contributed by atoms with E-state index >= 15 is 0 Å². The van der Waals surface area contributed by atoms with Crippen molar-refractivity contribution in [2.24, 2.45) is 5.92 Å². The Labute approximate surface area is 238 Å². The van der Waals surface area contributed by atoms with Crippen LogP contribution in [0.4, 0.5) is 10.5 Å². The number of carbonyl (C=O) groups is 3. The van der Waals surface area contributed by atoms with Crippen LogP contribution in [0.1, 0.15) is 72.1 Å². The van der Waals surface area contributed by atoms with Crippen LogP contribution in [0, 0.1) is 12.8 Å². The molecule has 3 amide bonds. The van der Waals surface area contributed by atoms with Gasteiger partial charge in [0.1, 0.15) is 17.7 Å². The van der Waals surface area contributed by atoms with E-state index in [1.54, 1.807) is 25.7 Å². The number of hydrogen-bond donors (Lipinski definition) is 2. The molecule has 7 nitrogen and oxygen atoms in total. The molecular formula is C33H43N3O4. The molecular weight excluding hydrogens is 502 g/mol. The Morgan fingerprint density at radius 1 is 0.900 bits per heavy atom. The Balaban J connectivity index is 2.03. The van der Waals surface area contributed by atoms with Gasteiger partial charge in [-0.15, -0.1) is 0 Å². The number of amides is 3. The molecule has 0 bridgehead atoms. The number of benzene rings is 3. The highest BCUT2D eigenvalue weighted by Crippen LogP contribution is 2.29. The largest absolute Gasteiger partial charge is 0.444 e. The summed E-state index contributed by atoms with van der Waals surface area (Å²) >= 11 is 0. The number of anilines is 1. The van der Waals surface area contributed by atoms with Gasteiger partial charge in [0, 0.05) is 11.7 Å². The number of ether oxygens (including phenoxy) is 1. The Morgan fingerprint density at radius 2 is 1.57 bits per heavy atom. The number of aryl methyl sites for hydroxylation is 1. The molecule has 40 heavy (non-hydrogen) atoms. The molecule has 3 rings (SSSR count). The van der Waals surface area contributed by atoms with E-state index < -0.39 is 23.8 Å². The Bertz CT molecular complexity index is 1340. The zero-order chi connectivity index (χ0) is 29.6. The molecule has 0 aliphatic rings. The summed E-state index contributed by atoms with van der Waals surface area (Å²) in [4.78, 5) is 42.7. The summed E-state index contributed by atoms with van der Waals surface area (Å²) in [5.41, 5.74) is 1.60. The second kappa shape index (κ2) is 13.0. The van der Waals surface area contributed by atoms with E-state index in [2.05, 4.69) is 10.6 Å². The second-order valence-corrected chi connectivity index (χ2v) is 11.7. The maximum atomic E-state index is 14.3. The first-order chi connectivity index (χ1) is 18.8. The number of carbonyl (C=O) groups excluding carboxylic acids is 3. The Hall–Kier alpha value is -3.87. The molecule has 0 aromatic heterocycles. The van der Waals surface area contributed by atoms with Crippen molar-refractivity contribution in [3.05, 3.63) is 77.9 Å². The molecule has 0 saturated heterocycles. The maximum Gasteiger partial charge on any atom is 0.408 e. The second-order valence-electron chi connectivity index (χ2n) is 11.7. The monoisotopic (exact) mass is 545 g/mol. The summed E-state index contributed by atoms with van der Waals surface area (Å²) in [5.74, 6) is -0.860. The molecule has 7 heteroatoms. The Morgan fingerprint density at radius 3 is 2.17 bits per heavy atom. The third kappa shape index (κ3) is 7.84. The van der Waals surface area contributed by atoms with Gasteiger partial charge < -0.3 is 20.3 Å². The first-order valence-corrected chi connectivity index (χ1v) is 14.0. The predicted octanol–water partition coefficient (Wildman–Crippen LogP) is 7.00. The minimum atomic E-state index is -0.925. The maximum absolute atomic E-state index is 14.3. The predicted molar refractivity (Wildman–Crippen MR) is 161 cm³/mol. The van der Waals surface area contributed by atoms with Crippen molar-refractivity contribution in [1.82, 2.24) is 10.2 Å². The standard InChI is InChI=1S/C33H43N3O4/c1-9-23(5)28(35-32(39)40-33(6,7)8)31(38)36(21(2)3)29(26-16-12-13-22(4)19-26)30(37)34-27-18-17-24-14-10-11-15-25(24)20-27/h10-21,23,28-29H,9H2,1-8H3,(H,34,37)(H,35,39). The molecule has 0 radical (unpaired) electrons. The van der Waals surface area contributed by atoms with Crippen molar-refractivity contribution in [1.29, 1.82) is 0 Å². The fourth-order valence-electron chi connectivity index (χ4n) is 4.71. The smallest absolute Gasteiger partial charge is 0.408 e. The highest BCUT2D eigenvalue weighted by Gasteiger charge is 2.39. The first-order valence-electron chi connectivity index (χ1n) is 14.0. The molecule has 214 valence electrons. The topological polar surface area (TPSA) is 87.7 Å². The van der Waals surface area contributed by atoms with Gasteiger partial charge in [-0.2, -0.15) is 0 Å². The lowest BCUT2D eigenvalue weighted by atomic mass is 9.94. The quantitative estimate of drug-likeness (QED) is 0.303. The van der Waals surface area contributed by atoms with Gasteiger partial charge in [0.2, 0.25) is 5.91 Å². The molecule has 0 aliphatic carbocycles. The SMILES string of the molecule is CCC(C)C(NC(=O)OC(C)(C)C)C(=O)N(C(C)C)C(C(=O)Nc1ccc2ccccc2c1)c1cccc(C)c1. The molecule has 0 aliphatic heterocycles. The number of fused-ring (bicyclic) bond motifs is 1. The summed E-state index contributed by atoms with van der Waals surface area (Å²) in [6.45, 7) is 14.9. The zero-order valence-corrected chi connectivity index (χ0v) is 24.9. The van der Waals surface area contributed by atoms with Gasteiger partial charge in [-0.25, -0.2) is 4.79 Å². The van der Waals surface area contributed by atoms with Crippen LogP contribution in [0.15, 0.2) is 66.7 Å². The van der Waals surface area contributed by atoms with Crippen LogP contribution in [0.3, 0.4) is 0 Å². The average molecular weight is 546 g/mol. The van der Waals surface area contributed by atoms with E-state index in [9.17, 15) is 14.4 Å². The van der Waals surface area contributed by atoms with Crippen LogP contribution in [0.25, 0.3) is 10.8 Å². The van der Waals surface area contributed by atoms with Crippen LogP contribution in [0.2, 0.25) is 0 Å². The number of nitrogens with one attached hydrogen (secondary N) is 2. The molecule has 3 aromatic rings. The summed E-state index contributed by atoms with van der Waals surface area (Å²) in [6.07, 6.45) is -0.0149. The van der Waals surface area contributed by atoms with Crippen molar-refractivity contribution >= 4 is 34.4 Å². The number of hydrogen-bond acceptors (Lipinski definition) is 4. The summed E-state index contributed by atoms with van der Waals surface area (Å²) in [7, 11) is 0. The Kier molecular flexibility index (Phi) is 9.96. The van der Waals surface area contributed by atoms with Gasteiger partial charge >= 0.3 is 6.09 Å². The third-order valence-electron chi connectivity index (χ3n) is 6.86. The lowest BCUT2D eigenvalue weighted by Gasteiger charge is -2.38. The highest BCUT2D eigenvalue weighted by molar-refractivity contribution is 6.00. The minimum Gasteiger partial charge on any atom is -0.444 e. The number of alkyl carbamates (subject to hydrolysis) is 1. The van der Waals surface area contributed by atoms with Crippen LogP contribution < -0.4 is 10.6 Å². The van der Waals surface area contributed by atoms with E-state index in [1.165, 1.54) is 0 Å². The molecule has 3 unspecified atom stereocenters. The fraction of sp³-hybridized carbons (Fsp3) is 0.424. The molecule has 3 aromatic carbocycles. The van der Waals surface area contributed by atoms with Crippen LogP contribution in [-0.4, -0.2) is 40.5 Å². The van der Waals surface area contributed by atoms with Crippen LogP contribution >= 0.6 is 0 Å². The lowest BCUT2D eigenvalue weighted by molar-refractivity contribution is -0.144. The van der Waals surface area contributed by atoms with Crippen molar-refractivity contribution in [3.8, 4) is 0 Å². The fourth-order valence-corrected chi connectivity index (χ4v) is 4.71. The van der Waals surface area contributed by atoms with Crippen molar-refractivity contribution < 1.29 is 19.1 Å². The molecule has 0 heterocycles. The summed E-state index contributed by atoms with van der Waals surface area (Å²) < 4.78 is 5.48. The van der Waals surface area contributed by atoms with E-state index in [0.717, 1.165) is 16.3 Å². The van der Waals surface area contributed by atoms with Crippen LogP contribution in [0.5, 0.6) is 0 Å². The van der Waals surface area contributed by atoms with E-state index in [-0.39, 0.29) is 23.8 Å². The number of rotatable bonds is 9. The van der Waals surface area contributed by atoms with E-state index in [4.69, 9.17) is 4.74 Å². The van der Waals surface area contributed by atoms with Crippen molar-refractivity contribution in [2.75, 3.05) is 5.32 Å². The summed E-state index contributed by atoms with van der Waals surface area (Å²) in [5, 5.41) is 7.92. The van der Waals surface area contributed by atoms with Gasteiger partial charge in [-0.1, -0.05) is 80.4 Å². The van der Waals surface area contributed by atoms with Crippen molar-refractivity contribution in [2.45, 2.75) is 85.5 Å². The first kappa shape index (κ1) is 30.7. The molecule has 2 N–H and O–H groups in total. The van der Waals surface area contributed by atoms with Gasteiger partial charge in [-0.3, -0.25) is 9.59 Å². The lowest BCUT2D eigenvalue weighted by Crippen LogP contribution is -2.56. The minimum absolute atomic E-state index is 0.192. The molecule has 0 saturated carbocycles. The molecule has 0 fully saturated rings. The highest BCUT2D eigenvalue weighted by atomic mass is 16.6. The third-order valence-corrected chi connectivity index (χ3v) is 6.86. The average Bonchev–Trinajstić information content (AvgIpc) is 2.88. The number of nitrogens with zero attached hydrogens (tertiary/aromatic N) is 1. The molecule has 0 spiro atoms. The van der Waals surface area contributed by atoms with E-state index in [1.807, 2.05) is 101 Å². The summed E-state index contributed by atoms with van der Waals surface area (Å²) in [6, 6.07) is 19.2. The zero-order valence-electron chi connectivity index (χ0n) is 24.9. The van der Waals surface area contributed by atoms with Gasteiger partial charge in [-0.05, 0) is 75.9 Å². The van der Waals surface area contributed by atoms with Gasteiger partial charge in [0.15, 0.2) is 0 Å². The van der Waals surface area contributed by atoms with Gasteiger partial charge in [0.05, 0.1) is 0 Å². The normalized spacial score (nSPS) is 13.8. The van der Waals surface area contributed by atoms with Crippen LogP contribution in [-0.2, 0) is 14.3 Å².